The average molecular weight is 293 g/mol. The molecule has 1 N–H and O–H groups in total. The molecule has 94 valence electrons. The fourth-order valence-corrected chi connectivity index (χ4v) is 2.86. The van der Waals surface area contributed by atoms with Crippen LogP contribution in [0, 0.1) is 0 Å². The van der Waals surface area contributed by atoms with E-state index >= 15 is 0 Å². The quantitative estimate of drug-likeness (QED) is 0.897. The highest BCUT2D eigenvalue weighted by atomic mass is 35.5. The highest BCUT2D eigenvalue weighted by Gasteiger charge is 2.22. The van der Waals surface area contributed by atoms with Crippen molar-refractivity contribution in [1.82, 2.24) is 4.98 Å². The molecule has 3 nitrogen and oxygen atoms in total. The minimum absolute atomic E-state index is 0.459. The number of nitrogens with zero attached hydrogens (tertiary/aromatic N) is 1. The van der Waals surface area contributed by atoms with Crippen molar-refractivity contribution < 1.29 is 4.74 Å². The molecule has 0 atom stereocenters. The Kier molecular flexibility index (Phi) is 4.79. The molecule has 1 aliphatic rings. The predicted octanol–water partition coefficient (Wildman–Crippen LogP) is 3.70. The lowest BCUT2D eigenvalue weighted by Gasteiger charge is -2.25. The van der Waals surface area contributed by atoms with Crippen LogP contribution in [0.1, 0.15) is 13.3 Å². The van der Waals surface area contributed by atoms with Gasteiger partial charge in [0.2, 0.25) is 0 Å². The second kappa shape index (κ2) is 6.14. The molecule has 6 heteroatoms. The molecule has 0 saturated carbocycles. The van der Waals surface area contributed by atoms with Crippen LogP contribution in [0.25, 0.3) is 0 Å². The molecular weight excluding hydrogens is 279 g/mol. The van der Waals surface area contributed by atoms with Gasteiger partial charge in [-0.2, -0.15) is 0 Å². The molecule has 0 radical (unpaired) electrons. The summed E-state index contributed by atoms with van der Waals surface area (Å²) in [5, 5.41) is 5.65. The van der Waals surface area contributed by atoms with Crippen molar-refractivity contribution in [1.29, 1.82) is 0 Å². The van der Waals surface area contributed by atoms with Crippen LogP contribution in [-0.2, 0) is 4.74 Å². The number of hydrogen-bond donors (Lipinski definition) is 1. The van der Waals surface area contributed by atoms with Crippen molar-refractivity contribution in [2.45, 2.75) is 23.6 Å². The van der Waals surface area contributed by atoms with Gasteiger partial charge in [-0.05, 0) is 12.5 Å². The lowest BCUT2D eigenvalue weighted by molar-refractivity contribution is 0.0455. The van der Waals surface area contributed by atoms with Gasteiger partial charge < -0.3 is 10.1 Å². The maximum atomic E-state index is 6.12. The molecule has 0 amide bonds. The molecule has 0 spiro atoms. The number of nitrogens with one attached hydrogen (secondary N) is 1. The molecule has 0 unspecified atom stereocenters. The lowest BCUT2D eigenvalue weighted by atomic mass is 10.4. The number of pyridine rings is 1. The third-order valence-electron chi connectivity index (χ3n) is 2.33. The van der Waals surface area contributed by atoms with Crippen LogP contribution < -0.4 is 5.32 Å². The zero-order chi connectivity index (χ0) is 12.3. The van der Waals surface area contributed by atoms with Crippen molar-refractivity contribution in [2.75, 3.05) is 25.1 Å². The third kappa shape index (κ3) is 3.41. The minimum atomic E-state index is 0.459. The molecule has 2 rings (SSSR count). The van der Waals surface area contributed by atoms with Gasteiger partial charge in [0, 0.05) is 6.54 Å². The second-order valence-corrected chi connectivity index (χ2v) is 5.91. The van der Waals surface area contributed by atoms with Crippen molar-refractivity contribution in [2.24, 2.45) is 0 Å². The molecule has 0 bridgehead atoms. The molecule has 1 fully saturated rings. The van der Waals surface area contributed by atoms with Crippen LogP contribution in [0.15, 0.2) is 11.1 Å². The van der Waals surface area contributed by atoms with Gasteiger partial charge in [0.15, 0.2) is 0 Å². The van der Waals surface area contributed by atoms with Crippen LogP contribution in [-0.4, -0.2) is 30.0 Å². The summed E-state index contributed by atoms with van der Waals surface area (Å²) in [7, 11) is 0. The Bertz CT molecular complexity index is 399. The third-order valence-corrected chi connectivity index (χ3v) is 4.15. The fraction of sp³-hybridized carbons (Fsp3) is 0.545. The highest BCUT2D eigenvalue weighted by Crippen LogP contribution is 2.35. The largest absolute Gasteiger partial charge is 0.379 e. The summed E-state index contributed by atoms with van der Waals surface area (Å²) in [6.45, 7) is 4.48. The summed E-state index contributed by atoms with van der Waals surface area (Å²) < 4.78 is 5.13. The minimum Gasteiger partial charge on any atom is -0.379 e. The first-order valence-corrected chi connectivity index (χ1v) is 7.18. The van der Waals surface area contributed by atoms with Crippen molar-refractivity contribution in [3.63, 3.8) is 0 Å². The Balaban J connectivity index is 2.12. The van der Waals surface area contributed by atoms with Crippen LogP contribution in [0.5, 0.6) is 0 Å². The molecule has 1 aliphatic heterocycles. The van der Waals surface area contributed by atoms with E-state index in [0.717, 1.165) is 31.2 Å². The Morgan fingerprint density at radius 1 is 1.47 bits per heavy atom. The van der Waals surface area contributed by atoms with Gasteiger partial charge >= 0.3 is 0 Å². The molecule has 1 saturated heterocycles. The van der Waals surface area contributed by atoms with Crippen molar-refractivity contribution in [3.05, 3.63) is 16.1 Å². The van der Waals surface area contributed by atoms with Gasteiger partial charge in [-0.15, -0.1) is 0 Å². The number of rotatable bonds is 5. The molecule has 0 aliphatic carbocycles. The molecule has 1 aromatic rings. The monoisotopic (exact) mass is 292 g/mol. The topological polar surface area (TPSA) is 34.2 Å². The summed E-state index contributed by atoms with van der Waals surface area (Å²) in [6, 6.07) is 1.75. The van der Waals surface area contributed by atoms with E-state index in [0.29, 0.717) is 21.1 Å². The Morgan fingerprint density at radius 3 is 2.82 bits per heavy atom. The first kappa shape index (κ1) is 13.3. The fourth-order valence-electron chi connectivity index (χ4n) is 1.34. The van der Waals surface area contributed by atoms with E-state index in [1.54, 1.807) is 17.8 Å². The summed E-state index contributed by atoms with van der Waals surface area (Å²) in [5.41, 5.74) is 0. The Labute approximate surface area is 115 Å². The average Bonchev–Trinajstić information content (AvgIpc) is 2.24. The first-order chi connectivity index (χ1) is 8.20. The summed E-state index contributed by atoms with van der Waals surface area (Å²) in [5.74, 6) is 0.709. The standard InChI is InChI=1S/C11H14Cl2N2OS/c1-2-3-14-10-8(12)4-9(13)11(15-10)17-7-5-16-6-7/h4,7H,2-3,5-6H2,1H3,(H,14,15). The van der Waals surface area contributed by atoms with E-state index in [9.17, 15) is 0 Å². The number of aromatic nitrogens is 1. The Morgan fingerprint density at radius 2 is 2.24 bits per heavy atom. The number of anilines is 1. The van der Waals surface area contributed by atoms with E-state index in [4.69, 9.17) is 27.9 Å². The molecule has 2 heterocycles. The van der Waals surface area contributed by atoms with Gasteiger partial charge in [0.05, 0.1) is 28.5 Å². The van der Waals surface area contributed by atoms with Gasteiger partial charge in [0.25, 0.3) is 0 Å². The van der Waals surface area contributed by atoms with E-state index in [1.165, 1.54) is 0 Å². The molecular formula is C11H14Cl2N2OS. The van der Waals surface area contributed by atoms with Crippen LogP contribution in [0.3, 0.4) is 0 Å². The van der Waals surface area contributed by atoms with Gasteiger partial charge in [-0.25, -0.2) is 4.98 Å². The van der Waals surface area contributed by atoms with Crippen LogP contribution in [0.4, 0.5) is 5.82 Å². The Hall–Kier alpha value is -0.160. The van der Waals surface area contributed by atoms with Crippen molar-refractivity contribution in [3.8, 4) is 0 Å². The van der Waals surface area contributed by atoms with Gasteiger partial charge in [-0.1, -0.05) is 41.9 Å². The van der Waals surface area contributed by atoms with Crippen molar-refractivity contribution >= 4 is 40.8 Å². The van der Waals surface area contributed by atoms with E-state index in [-0.39, 0.29) is 0 Å². The highest BCUT2D eigenvalue weighted by molar-refractivity contribution is 8.00. The second-order valence-electron chi connectivity index (χ2n) is 3.81. The molecule has 1 aromatic heterocycles. The van der Waals surface area contributed by atoms with Gasteiger partial charge in [0.1, 0.15) is 10.8 Å². The van der Waals surface area contributed by atoms with E-state index in [2.05, 4.69) is 17.2 Å². The SMILES string of the molecule is CCCNc1nc(SC2COC2)c(Cl)cc1Cl. The first-order valence-electron chi connectivity index (χ1n) is 5.55. The smallest absolute Gasteiger partial charge is 0.146 e. The van der Waals surface area contributed by atoms with E-state index in [1.807, 2.05) is 0 Å². The zero-order valence-electron chi connectivity index (χ0n) is 9.50. The lowest BCUT2D eigenvalue weighted by Crippen LogP contribution is -2.30. The van der Waals surface area contributed by atoms with Crippen LogP contribution >= 0.6 is 35.0 Å². The predicted molar refractivity (Wildman–Crippen MR) is 73.5 cm³/mol. The number of ether oxygens (including phenoxy) is 1. The zero-order valence-corrected chi connectivity index (χ0v) is 11.8. The van der Waals surface area contributed by atoms with Crippen LogP contribution in [0.2, 0.25) is 10.0 Å². The maximum absolute atomic E-state index is 6.12. The van der Waals surface area contributed by atoms with E-state index < -0.39 is 0 Å². The normalized spacial score (nSPS) is 15.7. The summed E-state index contributed by atoms with van der Waals surface area (Å²) in [4.78, 5) is 4.46. The summed E-state index contributed by atoms with van der Waals surface area (Å²) in [6.07, 6.45) is 1.03. The number of hydrogen-bond acceptors (Lipinski definition) is 4. The maximum Gasteiger partial charge on any atom is 0.146 e. The molecule has 17 heavy (non-hydrogen) atoms. The van der Waals surface area contributed by atoms with Gasteiger partial charge in [-0.3, -0.25) is 0 Å². The summed E-state index contributed by atoms with van der Waals surface area (Å²) >= 11 is 13.8. The number of halogens is 2. The molecule has 0 aromatic carbocycles. The number of thioether (sulfide) groups is 1.